The lowest BCUT2D eigenvalue weighted by Crippen LogP contribution is -2.36. The average molecular weight is 287 g/mol. The first-order valence-electron chi connectivity index (χ1n) is 7.14. The maximum atomic E-state index is 12.1. The molecule has 1 unspecified atom stereocenters. The van der Waals surface area contributed by atoms with Crippen molar-refractivity contribution in [1.82, 2.24) is 4.90 Å². The number of amides is 1. The highest BCUT2D eigenvalue weighted by atomic mass is 32.2. The monoisotopic (exact) mass is 287 g/mol. The predicted molar refractivity (Wildman–Crippen MR) is 78.4 cm³/mol. The third-order valence-corrected chi connectivity index (χ3v) is 4.96. The normalized spacial score (nSPS) is 18.8. The van der Waals surface area contributed by atoms with Crippen LogP contribution in [0.1, 0.15) is 46.0 Å². The van der Waals surface area contributed by atoms with Gasteiger partial charge in [-0.2, -0.15) is 0 Å². The lowest BCUT2D eigenvalue weighted by Gasteiger charge is -2.25. The quantitative estimate of drug-likeness (QED) is 0.844. The molecule has 0 radical (unpaired) electrons. The van der Waals surface area contributed by atoms with Crippen molar-refractivity contribution in [3.63, 3.8) is 0 Å². The molecule has 1 N–H and O–H groups in total. The molecule has 1 amide bonds. The van der Waals surface area contributed by atoms with E-state index in [1.807, 2.05) is 18.7 Å². The van der Waals surface area contributed by atoms with Gasteiger partial charge in [0.15, 0.2) is 0 Å². The number of nitrogens with zero attached hydrogens (tertiary/aromatic N) is 1. The van der Waals surface area contributed by atoms with Gasteiger partial charge in [0.2, 0.25) is 5.91 Å². The van der Waals surface area contributed by atoms with Crippen LogP contribution < -0.4 is 0 Å². The van der Waals surface area contributed by atoms with Gasteiger partial charge in [0, 0.05) is 13.1 Å². The molecule has 0 aliphatic carbocycles. The number of aliphatic carboxylic acids is 1. The first-order valence-corrected chi connectivity index (χ1v) is 8.19. The van der Waals surface area contributed by atoms with E-state index in [9.17, 15) is 9.59 Å². The van der Waals surface area contributed by atoms with Gasteiger partial charge in [0.1, 0.15) is 5.25 Å². The second-order valence-corrected chi connectivity index (χ2v) is 6.59. The molecule has 5 heteroatoms. The Bertz CT molecular complexity index is 299. The number of thioether (sulfide) groups is 1. The van der Waals surface area contributed by atoms with Gasteiger partial charge in [-0.3, -0.25) is 9.59 Å². The van der Waals surface area contributed by atoms with Crippen molar-refractivity contribution in [3.8, 4) is 0 Å². The Hall–Kier alpha value is -0.710. The molecule has 1 aliphatic heterocycles. The number of hydrogen-bond acceptors (Lipinski definition) is 3. The van der Waals surface area contributed by atoms with Crippen molar-refractivity contribution in [2.75, 3.05) is 18.8 Å². The van der Waals surface area contributed by atoms with E-state index >= 15 is 0 Å². The van der Waals surface area contributed by atoms with E-state index in [4.69, 9.17) is 5.11 Å². The molecule has 19 heavy (non-hydrogen) atoms. The molecule has 1 saturated heterocycles. The molecular weight excluding hydrogens is 262 g/mol. The molecule has 1 fully saturated rings. The second-order valence-electron chi connectivity index (χ2n) is 5.46. The molecule has 4 nitrogen and oxygen atoms in total. The van der Waals surface area contributed by atoms with Gasteiger partial charge in [-0.05, 0) is 18.8 Å². The predicted octanol–water partition coefficient (Wildman–Crippen LogP) is 2.62. The summed E-state index contributed by atoms with van der Waals surface area (Å²) in [7, 11) is 0. The van der Waals surface area contributed by atoms with E-state index in [2.05, 4.69) is 0 Å². The molecule has 1 aliphatic rings. The summed E-state index contributed by atoms with van der Waals surface area (Å²) in [5, 5.41) is 8.62. The maximum absolute atomic E-state index is 12.1. The minimum Gasteiger partial charge on any atom is -0.480 e. The molecule has 0 spiro atoms. The fourth-order valence-electron chi connectivity index (χ4n) is 2.30. The minimum absolute atomic E-state index is 0.0441. The van der Waals surface area contributed by atoms with Gasteiger partial charge >= 0.3 is 5.97 Å². The molecule has 0 aromatic carbocycles. The summed E-state index contributed by atoms with van der Waals surface area (Å²) in [5.41, 5.74) is 0. The van der Waals surface area contributed by atoms with Crippen LogP contribution in [0.5, 0.6) is 0 Å². The smallest absolute Gasteiger partial charge is 0.316 e. The first-order chi connectivity index (χ1) is 9.02. The molecule has 110 valence electrons. The summed E-state index contributed by atoms with van der Waals surface area (Å²) in [4.78, 5) is 25.1. The van der Waals surface area contributed by atoms with Gasteiger partial charge in [-0.15, -0.1) is 11.8 Å². The lowest BCUT2D eigenvalue weighted by atomic mass is 10.1. The van der Waals surface area contributed by atoms with Gasteiger partial charge in [-0.1, -0.05) is 33.1 Å². The second kappa shape index (κ2) is 8.46. The van der Waals surface area contributed by atoms with Crippen LogP contribution in [0.2, 0.25) is 0 Å². The fourth-order valence-corrected chi connectivity index (χ4v) is 3.33. The Balaban J connectivity index is 2.41. The van der Waals surface area contributed by atoms with E-state index in [1.165, 1.54) is 31.0 Å². The van der Waals surface area contributed by atoms with Crippen molar-refractivity contribution < 1.29 is 14.7 Å². The zero-order chi connectivity index (χ0) is 14.3. The Morgan fingerprint density at radius 2 is 1.63 bits per heavy atom. The number of carboxylic acids is 1. The summed E-state index contributed by atoms with van der Waals surface area (Å²) in [6.45, 7) is 5.43. The van der Waals surface area contributed by atoms with E-state index < -0.39 is 11.2 Å². The third kappa shape index (κ3) is 5.85. The number of likely N-dealkylation sites (tertiary alicyclic amines) is 1. The van der Waals surface area contributed by atoms with E-state index in [-0.39, 0.29) is 17.6 Å². The fraction of sp³-hybridized carbons (Fsp3) is 0.857. The Labute approximate surface area is 119 Å². The van der Waals surface area contributed by atoms with Crippen LogP contribution in [-0.4, -0.2) is 46.0 Å². The van der Waals surface area contributed by atoms with Crippen molar-refractivity contribution in [2.45, 2.75) is 51.2 Å². The van der Waals surface area contributed by atoms with Crippen LogP contribution in [0.25, 0.3) is 0 Å². The summed E-state index contributed by atoms with van der Waals surface area (Å²) >= 11 is 1.26. The number of carbonyl (C=O) groups is 2. The van der Waals surface area contributed by atoms with Crippen LogP contribution in [0.4, 0.5) is 0 Å². The number of rotatable bonds is 5. The highest BCUT2D eigenvalue weighted by Gasteiger charge is 2.24. The maximum Gasteiger partial charge on any atom is 0.316 e. The average Bonchev–Trinajstić information content (AvgIpc) is 2.27. The summed E-state index contributed by atoms with van der Waals surface area (Å²) in [5.74, 6) is -0.392. The largest absolute Gasteiger partial charge is 0.480 e. The van der Waals surface area contributed by atoms with E-state index in [0.717, 1.165) is 25.9 Å². The van der Waals surface area contributed by atoms with E-state index in [0.29, 0.717) is 0 Å². The standard InChI is InChI=1S/C14H25NO3S/c1-11(2)13(14(17)18)19-10-12(16)15-8-6-4-3-5-7-9-15/h11,13H,3-10H2,1-2H3,(H,17,18). The van der Waals surface area contributed by atoms with Crippen LogP contribution >= 0.6 is 11.8 Å². The topological polar surface area (TPSA) is 57.6 Å². The molecule has 1 rings (SSSR count). The van der Waals surface area contributed by atoms with Crippen molar-refractivity contribution in [1.29, 1.82) is 0 Å². The van der Waals surface area contributed by atoms with Gasteiger partial charge in [0.05, 0.1) is 5.75 Å². The van der Waals surface area contributed by atoms with Crippen LogP contribution in [-0.2, 0) is 9.59 Å². The zero-order valence-electron chi connectivity index (χ0n) is 11.9. The SMILES string of the molecule is CC(C)C(SCC(=O)N1CCCCCCC1)C(=O)O. The molecule has 0 saturated carbocycles. The third-order valence-electron chi connectivity index (χ3n) is 3.44. The summed E-state index contributed by atoms with van der Waals surface area (Å²) < 4.78 is 0. The summed E-state index contributed by atoms with van der Waals surface area (Å²) in [6, 6.07) is 0. The van der Waals surface area contributed by atoms with Crippen molar-refractivity contribution in [2.24, 2.45) is 5.92 Å². The lowest BCUT2D eigenvalue weighted by molar-refractivity contribution is -0.137. The minimum atomic E-state index is -0.819. The van der Waals surface area contributed by atoms with Crippen molar-refractivity contribution in [3.05, 3.63) is 0 Å². The van der Waals surface area contributed by atoms with Gasteiger partial charge in [0.25, 0.3) is 0 Å². The Morgan fingerprint density at radius 1 is 1.11 bits per heavy atom. The van der Waals surface area contributed by atoms with Crippen LogP contribution in [0.3, 0.4) is 0 Å². The van der Waals surface area contributed by atoms with E-state index in [1.54, 1.807) is 0 Å². The van der Waals surface area contributed by atoms with Crippen LogP contribution in [0, 0.1) is 5.92 Å². The number of carbonyl (C=O) groups excluding carboxylic acids is 1. The Morgan fingerprint density at radius 3 is 2.11 bits per heavy atom. The molecule has 0 bridgehead atoms. The molecule has 0 aromatic heterocycles. The molecule has 1 heterocycles. The molecule has 1 atom stereocenters. The number of carboxylic acid groups (broad SMARTS) is 1. The zero-order valence-corrected chi connectivity index (χ0v) is 12.7. The Kier molecular flexibility index (Phi) is 7.28. The highest BCUT2D eigenvalue weighted by molar-refractivity contribution is 8.01. The van der Waals surface area contributed by atoms with Gasteiger partial charge in [-0.25, -0.2) is 0 Å². The first kappa shape index (κ1) is 16.3. The molecule has 0 aromatic rings. The molecular formula is C14H25NO3S. The number of hydrogen-bond donors (Lipinski definition) is 1. The summed E-state index contributed by atoms with van der Waals surface area (Å²) in [6.07, 6.45) is 5.80. The van der Waals surface area contributed by atoms with Gasteiger partial charge < -0.3 is 10.0 Å². The van der Waals surface area contributed by atoms with Crippen LogP contribution in [0.15, 0.2) is 0 Å². The van der Waals surface area contributed by atoms with Crippen molar-refractivity contribution >= 4 is 23.6 Å². The highest BCUT2D eigenvalue weighted by Crippen LogP contribution is 2.21.